The summed E-state index contributed by atoms with van der Waals surface area (Å²) in [5.41, 5.74) is 2.63. The Morgan fingerprint density at radius 3 is 2.16 bits per heavy atom. The Hall–Kier alpha value is -4.61. The fourth-order valence-corrected chi connectivity index (χ4v) is 4.92. The summed E-state index contributed by atoms with van der Waals surface area (Å²) in [6.07, 6.45) is 2.81. The van der Waals surface area contributed by atoms with Gasteiger partial charge in [0.2, 0.25) is 5.88 Å². The molecule has 0 N–H and O–H groups in total. The molecule has 0 aliphatic heterocycles. The van der Waals surface area contributed by atoms with Crippen LogP contribution in [0.4, 0.5) is 5.69 Å². The molecule has 0 fully saturated rings. The first kappa shape index (κ1) is 33.9. The fourth-order valence-electron chi connectivity index (χ4n) is 3.98. The molecule has 0 unspecified atom stereocenters. The Morgan fingerprint density at radius 1 is 0.864 bits per heavy atom. The van der Waals surface area contributed by atoms with Gasteiger partial charge >= 0.3 is 0 Å². The van der Waals surface area contributed by atoms with Crippen LogP contribution < -0.4 is 23.8 Å². The van der Waals surface area contributed by atoms with Gasteiger partial charge in [0, 0.05) is 31.8 Å². The first-order chi connectivity index (χ1) is 21.2. The van der Waals surface area contributed by atoms with Gasteiger partial charge in [-0.05, 0) is 80.6 Å². The summed E-state index contributed by atoms with van der Waals surface area (Å²) in [7, 11) is 1.34. The maximum atomic E-state index is 12.4. The van der Waals surface area contributed by atoms with Crippen LogP contribution in [0, 0.1) is 6.92 Å². The van der Waals surface area contributed by atoms with Gasteiger partial charge in [0.25, 0.3) is 10.1 Å². The molecule has 0 atom stereocenters. The first-order valence-electron chi connectivity index (χ1n) is 13.8. The van der Waals surface area contributed by atoms with Crippen LogP contribution >= 0.6 is 0 Å². The predicted octanol–water partition coefficient (Wildman–Crippen LogP) is 6.22. The highest BCUT2D eigenvalue weighted by atomic mass is 32.2. The van der Waals surface area contributed by atoms with Crippen LogP contribution in [-0.2, 0) is 25.6 Å². The van der Waals surface area contributed by atoms with Crippen molar-refractivity contribution in [1.29, 1.82) is 0 Å². The summed E-state index contributed by atoms with van der Waals surface area (Å²) >= 11 is 0. The number of hydrogen-bond donors (Lipinski definition) is 0. The summed E-state index contributed by atoms with van der Waals surface area (Å²) in [5, 5.41) is 0. The molecule has 4 rings (SSSR count). The van der Waals surface area contributed by atoms with Crippen LogP contribution in [-0.4, -0.2) is 54.2 Å². The van der Waals surface area contributed by atoms with E-state index in [0.29, 0.717) is 36.1 Å². The summed E-state index contributed by atoms with van der Waals surface area (Å²) in [6.45, 7) is 4.08. The standard InChI is InChI=1S/C31H34N2O7S.C2H4O/c1-23-8-15-28(16-9-23)41(34,35)39-20-6-19-38-30-17-14-27(37-4)21-24(30)22-33(2)29-7-5-18-32-31(29)40-26-12-10-25(36-3)11-13-26;1-2-3/h5,7-18,21H,6,19-20,22H2,1-4H3;2H,1H3. The molecule has 3 aromatic carbocycles. The minimum atomic E-state index is -3.82. The van der Waals surface area contributed by atoms with Crippen LogP contribution in [0.2, 0.25) is 0 Å². The molecular formula is C33H38N2O8S. The van der Waals surface area contributed by atoms with Crippen LogP contribution in [0.25, 0.3) is 0 Å². The SMILES string of the molecule is CC=O.COc1ccc(Oc2ncccc2N(C)Cc2cc(OC)ccc2OCCCOS(=O)(=O)c2ccc(C)cc2)cc1. The third-order valence-corrected chi connectivity index (χ3v) is 7.53. The zero-order valence-corrected chi connectivity index (χ0v) is 26.4. The van der Waals surface area contributed by atoms with Gasteiger partial charge in [0.15, 0.2) is 0 Å². The van der Waals surface area contributed by atoms with Gasteiger partial charge < -0.3 is 28.6 Å². The van der Waals surface area contributed by atoms with Crippen molar-refractivity contribution in [2.75, 3.05) is 39.4 Å². The van der Waals surface area contributed by atoms with E-state index < -0.39 is 10.1 Å². The summed E-state index contributed by atoms with van der Waals surface area (Å²) < 4.78 is 52.8. The van der Waals surface area contributed by atoms with Gasteiger partial charge in [-0.3, -0.25) is 4.18 Å². The van der Waals surface area contributed by atoms with Crippen LogP contribution in [0.5, 0.6) is 28.9 Å². The molecule has 0 aliphatic carbocycles. The van der Waals surface area contributed by atoms with E-state index in [9.17, 15) is 8.42 Å². The quantitative estimate of drug-likeness (QED) is 0.0913. The predicted molar refractivity (Wildman–Crippen MR) is 169 cm³/mol. The van der Waals surface area contributed by atoms with Crippen LogP contribution in [0.15, 0.2) is 90.0 Å². The van der Waals surface area contributed by atoms with Gasteiger partial charge in [-0.1, -0.05) is 17.7 Å². The summed E-state index contributed by atoms with van der Waals surface area (Å²) in [5.74, 6) is 3.17. The average Bonchev–Trinajstić information content (AvgIpc) is 3.02. The zero-order chi connectivity index (χ0) is 32.0. The molecule has 0 amide bonds. The maximum Gasteiger partial charge on any atom is 0.296 e. The maximum absolute atomic E-state index is 12.4. The van der Waals surface area contributed by atoms with Gasteiger partial charge in [0.1, 0.15) is 35.0 Å². The Bertz CT molecular complexity index is 1580. The number of rotatable bonds is 14. The second kappa shape index (κ2) is 16.9. The van der Waals surface area contributed by atoms with Gasteiger partial charge in [-0.25, -0.2) is 4.98 Å². The second-order valence-corrected chi connectivity index (χ2v) is 11.1. The molecule has 1 aromatic heterocycles. The number of carbonyl (C=O) groups is 1. The molecule has 1 heterocycles. The van der Waals surface area contributed by atoms with Gasteiger partial charge in [0.05, 0.1) is 32.3 Å². The lowest BCUT2D eigenvalue weighted by molar-refractivity contribution is -0.106. The number of aryl methyl sites for hydroxylation is 1. The third kappa shape index (κ3) is 9.99. The number of hydrogen-bond acceptors (Lipinski definition) is 10. The number of anilines is 1. The van der Waals surface area contributed by atoms with Crippen molar-refractivity contribution in [3.05, 3.63) is 96.2 Å². The summed E-state index contributed by atoms with van der Waals surface area (Å²) in [4.78, 5) is 15.4. The van der Waals surface area contributed by atoms with Crippen molar-refractivity contribution >= 4 is 22.1 Å². The van der Waals surface area contributed by atoms with Gasteiger partial charge in [-0.2, -0.15) is 8.42 Å². The Kier molecular flexibility index (Phi) is 13.0. The number of pyridine rings is 1. The highest BCUT2D eigenvalue weighted by molar-refractivity contribution is 7.86. The molecule has 44 heavy (non-hydrogen) atoms. The highest BCUT2D eigenvalue weighted by Gasteiger charge is 2.16. The molecule has 0 bridgehead atoms. The first-order valence-corrected chi connectivity index (χ1v) is 15.2. The Balaban J connectivity index is 0.00000169. The van der Waals surface area contributed by atoms with E-state index in [2.05, 4.69) is 4.98 Å². The lowest BCUT2D eigenvalue weighted by Gasteiger charge is -2.23. The van der Waals surface area contributed by atoms with E-state index >= 15 is 0 Å². The number of nitrogens with zero attached hydrogens (tertiary/aromatic N) is 2. The Morgan fingerprint density at radius 2 is 1.50 bits per heavy atom. The minimum absolute atomic E-state index is 0.00332. The lowest BCUT2D eigenvalue weighted by Crippen LogP contribution is -2.18. The monoisotopic (exact) mass is 622 g/mol. The van der Waals surface area contributed by atoms with E-state index in [1.54, 1.807) is 32.5 Å². The van der Waals surface area contributed by atoms with E-state index in [1.807, 2.05) is 73.5 Å². The third-order valence-electron chi connectivity index (χ3n) is 6.21. The molecule has 4 aromatic rings. The topological polar surface area (TPSA) is 113 Å². The molecule has 0 aliphatic rings. The van der Waals surface area contributed by atoms with Crippen molar-refractivity contribution in [3.8, 4) is 28.9 Å². The number of benzene rings is 3. The van der Waals surface area contributed by atoms with Gasteiger partial charge in [-0.15, -0.1) is 0 Å². The smallest absolute Gasteiger partial charge is 0.296 e. The van der Waals surface area contributed by atoms with E-state index in [1.165, 1.54) is 19.1 Å². The van der Waals surface area contributed by atoms with Crippen molar-refractivity contribution in [1.82, 2.24) is 4.98 Å². The van der Waals surface area contributed by atoms with Crippen molar-refractivity contribution < 1.29 is 36.3 Å². The second-order valence-electron chi connectivity index (χ2n) is 9.46. The average molecular weight is 623 g/mol. The zero-order valence-electron chi connectivity index (χ0n) is 25.6. The molecule has 10 nitrogen and oxygen atoms in total. The van der Waals surface area contributed by atoms with Crippen molar-refractivity contribution in [2.45, 2.75) is 31.7 Å². The normalized spacial score (nSPS) is 10.7. The van der Waals surface area contributed by atoms with E-state index in [0.717, 1.165) is 28.8 Å². The minimum Gasteiger partial charge on any atom is -0.497 e. The number of aromatic nitrogens is 1. The van der Waals surface area contributed by atoms with Crippen LogP contribution in [0.1, 0.15) is 24.5 Å². The lowest BCUT2D eigenvalue weighted by atomic mass is 10.1. The van der Waals surface area contributed by atoms with Crippen LogP contribution in [0.3, 0.4) is 0 Å². The van der Waals surface area contributed by atoms with Crippen molar-refractivity contribution in [2.24, 2.45) is 0 Å². The molecule has 0 radical (unpaired) electrons. The van der Waals surface area contributed by atoms with E-state index in [-0.39, 0.29) is 18.1 Å². The molecule has 0 saturated carbocycles. The van der Waals surface area contributed by atoms with Crippen molar-refractivity contribution in [3.63, 3.8) is 0 Å². The number of methoxy groups -OCH3 is 2. The largest absolute Gasteiger partial charge is 0.497 e. The molecule has 0 spiro atoms. The molecule has 234 valence electrons. The number of aldehydes is 1. The number of carbonyl (C=O) groups excluding carboxylic acids is 1. The van der Waals surface area contributed by atoms with E-state index in [4.69, 9.17) is 27.9 Å². The number of ether oxygens (including phenoxy) is 4. The molecule has 11 heteroatoms. The summed E-state index contributed by atoms with van der Waals surface area (Å²) in [6, 6.07) is 23.2. The Labute approximate surface area is 259 Å². The molecular weight excluding hydrogens is 584 g/mol. The molecule has 0 saturated heterocycles. The highest BCUT2D eigenvalue weighted by Crippen LogP contribution is 2.33. The fraction of sp³-hybridized carbons (Fsp3) is 0.273.